The summed E-state index contributed by atoms with van der Waals surface area (Å²) >= 11 is 0. The van der Waals surface area contributed by atoms with Crippen molar-refractivity contribution in [2.75, 3.05) is 38.6 Å². The van der Waals surface area contributed by atoms with Crippen LogP contribution in [0, 0.1) is 0 Å². The molecule has 0 spiro atoms. The smallest absolute Gasteiger partial charge is 0.251 e. The average molecular weight is 443 g/mol. The van der Waals surface area contributed by atoms with Crippen LogP contribution in [0.25, 0.3) is 11.1 Å². The lowest BCUT2D eigenvalue weighted by Gasteiger charge is -2.31. The SMILES string of the molecule is C[C@H]1CN(Cc2cccc(-c3cccc(CNC(=O)c4ccc(N(C)C)cc4)c3)c2)CCN1. The highest BCUT2D eigenvalue weighted by atomic mass is 16.1. The Labute approximate surface area is 197 Å². The second-order valence-electron chi connectivity index (χ2n) is 9.12. The van der Waals surface area contributed by atoms with E-state index in [1.165, 1.54) is 16.7 Å². The molecule has 0 bridgehead atoms. The van der Waals surface area contributed by atoms with Gasteiger partial charge in [-0.1, -0.05) is 36.4 Å². The molecule has 0 aliphatic carbocycles. The Hall–Kier alpha value is -3.15. The maximum Gasteiger partial charge on any atom is 0.251 e. The number of amides is 1. The first-order chi connectivity index (χ1) is 16.0. The van der Waals surface area contributed by atoms with Crippen molar-refractivity contribution in [3.8, 4) is 11.1 Å². The summed E-state index contributed by atoms with van der Waals surface area (Å²) in [6, 6.07) is 25.4. The predicted molar refractivity (Wildman–Crippen MR) is 137 cm³/mol. The van der Waals surface area contributed by atoms with Gasteiger partial charge >= 0.3 is 0 Å². The molecular formula is C28H34N4O. The molecule has 172 valence electrons. The van der Waals surface area contributed by atoms with E-state index in [2.05, 4.69) is 71.0 Å². The third kappa shape index (κ3) is 6.21. The number of benzene rings is 3. The standard InChI is InChI=1S/C28H34N4O/c1-21-19-32(15-14-29-21)20-23-7-5-9-26(17-23)25-8-4-6-22(16-25)18-30-28(33)24-10-12-27(13-11-24)31(2)3/h4-13,16-17,21,29H,14-15,18-20H2,1-3H3,(H,30,33)/t21-/m0/s1. The van der Waals surface area contributed by atoms with E-state index < -0.39 is 0 Å². The molecule has 1 aliphatic rings. The summed E-state index contributed by atoms with van der Waals surface area (Å²) in [6.45, 7) is 6.93. The van der Waals surface area contributed by atoms with Crippen LogP contribution in [0.4, 0.5) is 5.69 Å². The summed E-state index contributed by atoms with van der Waals surface area (Å²) in [4.78, 5) is 17.1. The minimum atomic E-state index is -0.0574. The van der Waals surface area contributed by atoms with Gasteiger partial charge in [0.1, 0.15) is 0 Å². The van der Waals surface area contributed by atoms with Gasteiger partial charge in [0, 0.05) is 64.1 Å². The molecule has 0 saturated carbocycles. The highest BCUT2D eigenvalue weighted by molar-refractivity contribution is 5.94. The summed E-state index contributed by atoms with van der Waals surface area (Å²) in [7, 11) is 3.98. The molecule has 4 rings (SSSR count). The zero-order chi connectivity index (χ0) is 23.2. The molecule has 33 heavy (non-hydrogen) atoms. The van der Waals surface area contributed by atoms with Crippen molar-refractivity contribution >= 4 is 11.6 Å². The molecule has 5 nitrogen and oxygen atoms in total. The van der Waals surface area contributed by atoms with E-state index >= 15 is 0 Å². The van der Waals surface area contributed by atoms with Gasteiger partial charge < -0.3 is 15.5 Å². The molecule has 0 aromatic heterocycles. The van der Waals surface area contributed by atoms with Crippen LogP contribution in [-0.4, -0.2) is 50.6 Å². The third-order valence-electron chi connectivity index (χ3n) is 6.15. The van der Waals surface area contributed by atoms with Gasteiger partial charge in [0.15, 0.2) is 0 Å². The molecule has 1 atom stereocenters. The lowest BCUT2D eigenvalue weighted by Crippen LogP contribution is -2.48. The average Bonchev–Trinajstić information content (AvgIpc) is 2.83. The molecule has 1 fully saturated rings. The lowest BCUT2D eigenvalue weighted by atomic mass is 10.0. The number of nitrogens with one attached hydrogen (secondary N) is 2. The molecule has 1 saturated heterocycles. The Bertz CT molecular complexity index is 1080. The number of rotatable bonds is 7. The van der Waals surface area contributed by atoms with Crippen LogP contribution >= 0.6 is 0 Å². The van der Waals surface area contributed by atoms with Crippen molar-refractivity contribution in [1.82, 2.24) is 15.5 Å². The summed E-state index contributed by atoms with van der Waals surface area (Å²) in [5.41, 5.74) is 6.56. The van der Waals surface area contributed by atoms with Crippen molar-refractivity contribution in [2.45, 2.75) is 26.1 Å². The van der Waals surface area contributed by atoms with E-state index in [1.54, 1.807) is 0 Å². The number of carbonyl (C=O) groups excluding carboxylic acids is 1. The van der Waals surface area contributed by atoms with Crippen LogP contribution < -0.4 is 15.5 Å². The topological polar surface area (TPSA) is 47.6 Å². The third-order valence-corrected chi connectivity index (χ3v) is 6.15. The predicted octanol–water partition coefficient (Wildman–Crippen LogP) is 4.14. The molecule has 3 aromatic carbocycles. The Morgan fingerprint density at radius 3 is 2.33 bits per heavy atom. The summed E-state index contributed by atoms with van der Waals surface area (Å²) in [5.74, 6) is -0.0574. The number of nitrogens with zero attached hydrogens (tertiary/aromatic N) is 2. The van der Waals surface area contributed by atoms with Gasteiger partial charge in [0.25, 0.3) is 5.91 Å². The molecule has 1 heterocycles. The van der Waals surface area contributed by atoms with Crippen LogP contribution in [0.1, 0.15) is 28.4 Å². The molecule has 0 unspecified atom stereocenters. The Morgan fingerprint density at radius 1 is 1.00 bits per heavy atom. The minimum Gasteiger partial charge on any atom is -0.378 e. The van der Waals surface area contributed by atoms with E-state index in [0.29, 0.717) is 18.2 Å². The van der Waals surface area contributed by atoms with E-state index in [-0.39, 0.29) is 5.91 Å². The van der Waals surface area contributed by atoms with Crippen LogP contribution in [0.2, 0.25) is 0 Å². The highest BCUT2D eigenvalue weighted by Gasteiger charge is 2.15. The van der Waals surface area contributed by atoms with Crippen LogP contribution in [0.3, 0.4) is 0 Å². The zero-order valence-electron chi connectivity index (χ0n) is 19.8. The van der Waals surface area contributed by atoms with Crippen molar-refractivity contribution in [3.63, 3.8) is 0 Å². The largest absolute Gasteiger partial charge is 0.378 e. The van der Waals surface area contributed by atoms with Crippen LogP contribution in [0.5, 0.6) is 0 Å². The zero-order valence-corrected chi connectivity index (χ0v) is 19.8. The number of anilines is 1. The van der Waals surface area contributed by atoms with Gasteiger partial charge in [-0.15, -0.1) is 0 Å². The Kier molecular flexibility index (Phi) is 7.43. The molecule has 1 amide bonds. The molecule has 5 heteroatoms. The first-order valence-electron chi connectivity index (χ1n) is 11.7. The van der Waals surface area contributed by atoms with Gasteiger partial charge in [-0.3, -0.25) is 9.69 Å². The Balaban J connectivity index is 1.40. The molecule has 1 aliphatic heterocycles. The van der Waals surface area contributed by atoms with Gasteiger partial charge in [-0.2, -0.15) is 0 Å². The monoisotopic (exact) mass is 442 g/mol. The van der Waals surface area contributed by atoms with Gasteiger partial charge in [0.05, 0.1) is 0 Å². The van der Waals surface area contributed by atoms with E-state index in [0.717, 1.165) is 37.4 Å². The van der Waals surface area contributed by atoms with Crippen LogP contribution in [-0.2, 0) is 13.1 Å². The minimum absolute atomic E-state index is 0.0574. The maximum absolute atomic E-state index is 12.6. The summed E-state index contributed by atoms with van der Waals surface area (Å²) in [5, 5.41) is 6.55. The molecule has 3 aromatic rings. The number of piperazine rings is 1. The lowest BCUT2D eigenvalue weighted by molar-refractivity contribution is 0.0951. The van der Waals surface area contributed by atoms with Gasteiger partial charge in [0.2, 0.25) is 0 Å². The van der Waals surface area contributed by atoms with E-state index in [9.17, 15) is 4.79 Å². The molecular weight excluding hydrogens is 408 g/mol. The van der Waals surface area contributed by atoms with Gasteiger partial charge in [-0.05, 0) is 65.6 Å². The second kappa shape index (κ2) is 10.6. The fourth-order valence-corrected chi connectivity index (χ4v) is 4.32. The summed E-state index contributed by atoms with van der Waals surface area (Å²) in [6.07, 6.45) is 0. The first-order valence-corrected chi connectivity index (χ1v) is 11.7. The maximum atomic E-state index is 12.6. The second-order valence-corrected chi connectivity index (χ2v) is 9.12. The molecule has 2 N–H and O–H groups in total. The van der Waals surface area contributed by atoms with Crippen LogP contribution in [0.15, 0.2) is 72.8 Å². The van der Waals surface area contributed by atoms with Crippen molar-refractivity contribution < 1.29 is 4.79 Å². The fourth-order valence-electron chi connectivity index (χ4n) is 4.32. The number of hydrogen-bond acceptors (Lipinski definition) is 4. The number of hydrogen-bond donors (Lipinski definition) is 2. The van der Waals surface area contributed by atoms with Crippen molar-refractivity contribution in [2.24, 2.45) is 0 Å². The van der Waals surface area contributed by atoms with E-state index in [4.69, 9.17) is 0 Å². The first kappa shape index (κ1) is 23.0. The van der Waals surface area contributed by atoms with Gasteiger partial charge in [-0.25, -0.2) is 0 Å². The normalized spacial score (nSPS) is 16.4. The van der Waals surface area contributed by atoms with Crippen molar-refractivity contribution in [1.29, 1.82) is 0 Å². The quantitative estimate of drug-likeness (QED) is 0.577. The highest BCUT2D eigenvalue weighted by Crippen LogP contribution is 2.23. The fraction of sp³-hybridized carbons (Fsp3) is 0.321. The summed E-state index contributed by atoms with van der Waals surface area (Å²) < 4.78 is 0. The number of carbonyl (C=O) groups is 1. The van der Waals surface area contributed by atoms with Crippen molar-refractivity contribution in [3.05, 3.63) is 89.5 Å². The van der Waals surface area contributed by atoms with E-state index in [1.807, 2.05) is 43.3 Å². The molecule has 0 radical (unpaired) electrons. The Morgan fingerprint density at radius 2 is 1.67 bits per heavy atom.